The first kappa shape index (κ1) is 8.42. The highest BCUT2D eigenvalue weighted by atomic mass is 14.5. The van der Waals surface area contributed by atoms with Gasteiger partial charge < -0.3 is 5.73 Å². The third kappa shape index (κ3) is 2.17. The van der Waals surface area contributed by atoms with E-state index in [9.17, 15) is 0 Å². The van der Waals surface area contributed by atoms with Crippen LogP contribution in [0.5, 0.6) is 0 Å². The van der Waals surface area contributed by atoms with Crippen LogP contribution in [0.1, 0.15) is 11.1 Å². The van der Waals surface area contributed by atoms with E-state index in [-0.39, 0.29) is 0 Å². The number of allylic oxidation sites excluding steroid dienone is 1. The van der Waals surface area contributed by atoms with Crippen LogP contribution in [0.2, 0.25) is 0 Å². The smallest absolute Gasteiger partial charge is 0.0830 e. The van der Waals surface area contributed by atoms with E-state index in [2.05, 4.69) is 5.92 Å². The fraction of sp³-hybridized carbons (Fsp3) is 0.0909. The zero-order chi connectivity index (χ0) is 8.97. The van der Waals surface area contributed by atoms with Crippen molar-refractivity contribution >= 4 is 6.08 Å². The van der Waals surface area contributed by atoms with Crippen LogP contribution >= 0.6 is 0 Å². The minimum Gasteiger partial charge on any atom is -0.392 e. The van der Waals surface area contributed by atoms with Crippen molar-refractivity contribution in [3.8, 4) is 12.3 Å². The summed E-state index contributed by atoms with van der Waals surface area (Å²) in [7, 11) is 0. The summed E-state index contributed by atoms with van der Waals surface area (Å²) in [5.74, 6) is 2.37. The maximum absolute atomic E-state index is 5.48. The topological polar surface area (TPSA) is 26.0 Å². The summed E-state index contributed by atoms with van der Waals surface area (Å²) in [4.78, 5) is 0. The van der Waals surface area contributed by atoms with Crippen molar-refractivity contribution < 1.29 is 0 Å². The van der Waals surface area contributed by atoms with Gasteiger partial charge in [0.2, 0.25) is 0 Å². The second-order valence-corrected chi connectivity index (χ2v) is 2.66. The lowest BCUT2D eigenvalue weighted by atomic mass is 10.1. The van der Waals surface area contributed by atoms with Crippen molar-refractivity contribution in [2.45, 2.75) is 6.92 Å². The number of hydrogen-bond donors (Lipinski definition) is 1. The SMILES string of the molecule is C#C/C(N)=C\c1cccc(C)c1. The molecular weight excluding hydrogens is 146 g/mol. The van der Waals surface area contributed by atoms with Crippen molar-refractivity contribution in [2.24, 2.45) is 5.73 Å². The van der Waals surface area contributed by atoms with E-state index in [1.807, 2.05) is 31.2 Å². The Kier molecular flexibility index (Phi) is 2.55. The molecular formula is C11H11N. The fourth-order valence-corrected chi connectivity index (χ4v) is 0.981. The molecule has 0 aliphatic carbocycles. The Morgan fingerprint density at radius 2 is 2.33 bits per heavy atom. The second kappa shape index (κ2) is 3.64. The molecule has 1 aromatic carbocycles. The number of aryl methyl sites for hydroxylation is 1. The molecule has 0 aliphatic rings. The van der Waals surface area contributed by atoms with Gasteiger partial charge in [-0.05, 0) is 18.6 Å². The van der Waals surface area contributed by atoms with Gasteiger partial charge in [-0.2, -0.15) is 0 Å². The molecule has 0 fully saturated rings. The molecule has 1 aromatic rings. The molecule has 1 rings (SSSR count). The maximum atomic E-state index is 5.48. The van der Waals surface area contributed by atoms with Gasteiger partial charge >= 0.3 is 0 Å². The Labute approximate surface area is 72.9 Å². The van der Waals surface area contributed by atoms with E-state index in [0.29, 0.717) is 5.70 Å². The molecule has 0 heterocycles. The van der Waals surface area contributed by atoms with Gasteiger partial charge in [0, 0.05) is 0 Å². The first-order chi connectivity index (χ1) is 5.72. The molecule has 0 bridgehead atoms. The summed E-state index contributed by atoms with van der Waals surface area (Å²) >= 11 is 0. The summed E-state index contributed by atoms with van der Waals surface area (Å²) in [5, 5.41) is 0. The van der Waals surface area contributed by atoms with Crippen LogP contribution < -0.4 is 5.73 Å². The van der Waals surface area contributed by atoms with Crippen molar-refractivity contribution in [2.75, 3.05) is 0 Å². The van der Waals surface area contributed by atoms with Gasteiger partial charge in [-0.3, -0.25) is 0 Å². The molecule has 0 aliphatic heterocycles. The molecule has 1 nitrogen and oxygen atoms in total. The lowest BCUT2D eigenvalue weighted by Crippen LogP contribution is -1.91. The highest BCUT2D eigenvalue weighted by Gasteiger charge is 1.88. The summed E-state index contributed by atoms with van der Waals surface area (Å²) in [6.07, 6.45) is 6.90. The van der Waals surface area contributed by atoms with E-state index in [0.717, 1.165) is 5.56 Å². The average Bonchev–Trinajstić information content (AvgIpc) is 2.04. The Morgan fingerprint density at radius 3 is 2.92 bits per heavy atom. The zero-order valence-corrected chi connectivity index (χ0v) is 7.04. The Balaban J connectivity index is 2.99. The molecule has 2 N–H and O–H groups in total. The first-order valence-corrected chi connectivity index (χ1v) is 3.73. The van der Waals surface area contributed by atoms with Gasteiger partial charge in [0.15, 0.2) is 0 Å². The van der Waals surface area contributed by atoms with Crippen molar-refractivity contribution in [3.05, 3.63) is 41.1 Å². The van der Waals surface area contributed by atoms with Gasteiger partial charge in [-0.1, -0.05) is 35.7 Å². The van der Waals surface area contributed by atoms with Crippen LogP contribution in [0.15, 0.2) is 30.0 Å². The molecule has 0 saturated heterocycles. The highest BCUT2D eigenvalue weighted by Crippen LogP contribution is 2.06. The fourth-order valence-electron chi connectivity index (χ4n) is 0.981. The number of benzene rings is 1. The van der Waals surface area contributed by atoms with Gasteiger partial charge in [-0.25, -0.2) is 0 Å². The monoisotopic (exact) mass is 157 g/mol. The Bertz CT molecular complexity index is 342. The van der Waals surface area contributed by atoms with Crippen LogP contribution in [-0.4, -0.2) is 0 Å². The van der Waals surface area contributed by atoms with Crippen LogP contribution in [0.3, 0.4) is 0 Å². The molecule has 60 valence electrons. The minimum absolute atomic E-state index is 0.459. The molecule has 12 heavy (non-hydrogen) atoms. The normalized spacial score (nSPS) is 10.8. The van der Waals surface area contributed by atoms with Crippen LogP contribution in [0, 0.1) is 19.3 Å². The van der Waals surface area contributed by atoms with Crippen LogP contribution in [-0.2, 0) is 0 Å². The zero-order valence-electron chi connectivity index (χ0n) is 7.04. The van der Waals surface area contributed by atoms with Crippen LogP contribution in [0.4, 0.5) is 0 Å². The van der Waals surface area contributed by atoms with E-state index in [1.54, 1.807) is 6.08 Å². The standard InChI is InChI=1S/C11H11N/c1-3-11(12)8-10-6-4-5-9(2)7-10/h1,4-8H,12H2,2H3/b11-8+. The van der Waals surface area contributed by atoms with E-state index >= 15 is 0 Å². The molecule has 0 spiro atoms. The number of nitrogens with two attached hydrogens (primary N) is 1. The van der Waals surface area contributed by atoms with E-state index in [1.165, 1.54) is 5.56 Å². The number of rotatable bonds is 1. The molecule has 0 amide bonds. The van der Waals surface area contributed by atoms with Crippen molar-refractivity contribution in [3.63, 3.8) is 0 Å². The van der Waals surface area contributed by atoms with Crippen LogP contribution in [0.25, 0.3) is 6.08 Å². The summed E-state index contributed by atoms with van der Waals surface area (Å²) < 4.78 is 0. The first-order valence-electron chi connectivity index (χ1n) is 3.73. The van der Waals surface area contributed by atoms with Gasteiger partial charge in [0.1, 0.15) is 0 Å². The lowest BCUT2D eigenvalue weighted by molar-refractivity contribution is 1.44. The summed E-state index contributed by atoms with van der Waals surface area (Å²) in [6, 6.07) is 8.01. The van der Waals surface area contributed by atoms with Crippen molar-refractivity contribution in [1.29, 1.82) is 0 Å². The predicted molar refractivity (Wildman–Crippen MR) is 52.2 cm³/mol. The largest absolute Gasteiger partial charge is 0.392 e. The third-order valence-corrected chi connectivity index (χ3v) is 1.53. The molecule has 0 atom stereocenters. The van der Waals surface area contributed by atoms with E-state index < -0.39 is 0 Å². The molecule has 0 saturated carbocycles. The Morgan fingerprint density at radius 1 is 1.58 bits per heavy atom. The number of terminal acetylenes is 1. The Hall–Kier alpha value is -1.68. The second-order valence-electron chi connectivity index (χ2n) is 2.66. The molecule has 1 heteroatoms. The average molecular weight is 157 g/mol. The summed E-state index contributed by atoms with van der Waals surface area (Å²) in [5.41, 5.74) is 8.19. The molecule has 0 unspecified atom stereocenters. The minimum atomic E-state index is 0.459. The quantitative estimate of drug-likeness (QED) is 0.619. The third-order valence-electron chi connectivity index (χ3n) is 1.53. The molecule has 0 radical (unpaired) electrons. The lowest BCUT2D eigenvalue weighted by Gasteiger charge is -1.95. The summed E-state index contributed by atoms with van der Waals surface area (Å²) in [6.45, 7) is 2.03. The van der Waals surface area contributed by atoms with E-state index in [4.69, 9.17) is 12.2 Å². The number of hydrogen-bond acceptors (Lipinski definition) is 1. The maximum Gasteiger partial charge on any atom is 0.0830 e. The molecule has 0 aromatic heterocycles. The highest BCUT2D eigenvalue weighted by molar-refractivity contribution is 5.57. The van der Waals surface area contributed by atoms with Crippen molar-refractivity contribution in [1.82, 2.24) is 0 Å². The van der Waals surface area contributed by atoms with Gasteiger partial charge in [0.25, 0.3) is 0 Å². The predicted octanol–water partition coefficient (Wildman–Crippen LogP) is 1.93. The van der Waals surface area contributed by atoms with Gasteiger partial charge in [0.05, 0.1) is 5.70 Å². The van der Waals surface area contributed by atoms with Gasteiger partial charge in [-0.15, -0.1) is 6.42 Å².